The SMILES string of the molecule is Cc1cnccc1C(O)C1CCOC2(CCOC2)C1. The summed E-state index contributed by atoms with van der Waals surface area (Å²) < 4.78 is 11.4. The topological polar surface area (TPSA) is 51.6 Å². The Bertz CT molecular complexity index is 443. The number of rotatable bonds is 2. The molecule has 2 aliphatic heterocycles. The molecule has 19 heavy (non-hydrogen) atoms. The van der Waals surface area contributed by atoms with E-state index in [9.17, 15) is 5.11 Å². The van der Waals surface area contributed by atoms with Gasteiger partial charge in [0.25, 0.3) is 0 Å². The van der Waals surface area contributed by atoms with E-state index >= 15 is 0 Å². The van der Waals surface area contributed by atoms with Crippen molar-refractivity contribution in [1.82, 2.24) is 4.98 Å². The third-order valence-corrected chi connectivity index (χ3v) is 4.43. The molecule has 1 spiro atoms. The fourth-order valence-electron chi connectivity index (χ4n) is 3.27. The summed E-state index contributed by atoms with van der Waals surface area (Å²) in [7, 11) is 0. The lowest BCUT2D eigenvalue weighted by Gasteiger charge is -2.39. The molecule has 2 fully saturated rings. The first-order chi connectivity index (χ1) is 9.20. The Morgan fingerprint density at radius 2 is 2.37 bits per heavy atom. The van der Waals surface area contributed by atoms with Gasteiger partial charge in [0, 0.05) is 32.0 Å². The molecule has 3 atom stereocenters. The van der Waals surface area contributed by atoms with Gasteiger partial charge in [0.2, 0.25) is 0 Å². The zero-order valence-corrected chi connectivity index (χ0v) is 11.3. The van der Waals surface area contributed by atoms with E-state index in [1.54, 1.807) is 6.20 Å². The molecule has 4 nitrogen and oxygen atoms in total. The highest BCUT2D eigenvalue weighted by Crippen LogP contribution is 2.41. The van der Waals surface area contributed by atoms with E-state index < -0.39 is 6.10 Å². The quantitative estimate of drug-likeness (QED) is 0.886. The molecule has 2 saturated heterocycles. The van der Waals surface area contributed by atoms with Gasteiger partial charge in [0.05, 0.1) is 18.3 Å². The summed E-state index contributed by atoms with van der Waals surface area (Å²) in [6.07, 6.45) is 5.88. The summed E-state index contributed by atoms with van der Waals surface area (Å²) >= 11 is 0. The molecule has 0 radical (unpaired) electrons. The maximum atomic E-state index is 10.6. The van der Waals surface area contributed by atoms with E-state index in [0.717, 1.165) is 43.6 Å². The molecule has 104 valence electrons. The molecule has 2 aliphatic rings. The first-order valence-corrected chi connectivity index (χ1v) is 7.00. The number of aliphatic hydroxyl groups excluding tert-OH is 1. The van der Waals surface area contributed by atoms with Gasteiger partial charge in [-0.05, 0) is 42.9 Å². The lowest BCUT2D eigenvalue weighted by atomic mass is 9.80. The first kappa shape index (κ1) is 13.0. The highest BCUT2D eigenvalue weighted by Gasteiger charge is 2.43. The van der Waals surface area contributed by atoms with E-state index in [4.69, 9.17) is 9.47 Å². The Labute approximate surface area is 113 Å². The molecule has 0 aliphatic carbocycles. The standard InChI is InChI=1S/C15H21NO3/c1-11-9-16-5-2-13(11)14(17)12-3-6-19-15(8-12)4-7-18-10-15/h2,5,9,12,14,17H,3-4,6-8,10H2,1H3. The average Bonchev–Trinajstić information content (AvgIpc) is 2.86. The van der Waals surface area contributed by atoms with Crippen LogP contribution in [-0.4, -0.2) is 35.5 Å². The van der Waals surface area contributed by atoms with Crippen molar-refractivity contribution in [3.8, 4) is 0 Å². The number of nitrogens with zero attached hydrogens (tertiary/aromatic N) is 1. The Morgan fingerprint density at radius 3 is 3.11 bits per heavy atom. The minimum Gasteiger partial charge on any atom is -0.388 e. The molecule has 3 rings (SSSR count). The van der Waals surface area contributed by atoms with Crippen LogP contribution in [0.2, 0.25) is 0 Å². The normalized spacial score (nSPS) is 32.6. The van der Waals surface area contributed by atoms with Gasteiger partial charge in [0.1, 0.15) is 0 Å². The van der Waals surface area contributed by atoms with E-state index in [1.165, 1.54) is 0 Å². The molecular formula is C15H21NO3. The highest BCUT2D eigenvalue weighted by atomic mass is 16.6. The summed E-state index contributed by atoms with van der Waals surface area (Å²) in [5.74, 6) is 0.247. The van der Waals surface area contributed by atoms with Crippen LogP contribution in [0.3, 0.4) is 0 Å². The van der Waals surface area contributed by atoms with Crippen molar-refractivity contribution in [3.63, 3.8) is 0 Å². The van der Waals surface area contributed by atoms with E-state index in [1.807, 2.05) is 19.2 Å². The smallest absolute Gasteiger partial charge is 0.0940 e. The molecule has 1 N–H and O–H groups in total. The van der Waals surface area contributed by atoms with Gasteiger partial charge < -0.3 is 14.6 Å². The van der Waals surface area contributed by atoms with Crippen LogP contribution in [0.5, 0.6) is 0 Å². The van der Waals surface area contributed by atoms with Gasteiger partial charge in [-0.3, -0.25) is 4.98 Å². The zero-order valence-electron chi connectivity index (χ0n) is 11.3. The van der Waals surface area contributed by atoms with Crippen molar-refractivity contribution >= 4 is 0 Å². The van der Waals surface area contributed by atoms with Crippen LogP contribution in [0.4, 0.5) is 0 Å². The fourth-order valence-corrected chi connectivity index (χ4v) is 3.27. The van der Waals surface area contributed by atoms with E-state index in [2.05, 4.69) is 4.98 Å². The number of aliphatic hydroxyl groups is 1. The number of hydrogen-bond acceptors (Lipinski definition) is 4. The molecule has 0 aromatic carbocycles. The monoisotopic (exact) mass is 263 g/mol. The van der Waals surface area contributed by atoms with Crippen LogP contribution in [-0.2, 0) is 9.47 Å². The van der Waals surface area contributed by atoms with Crippen molar-refractivity contribution in [2.24, 2.45) is 5.92 Å². The highest BCUT2D eigenvalue weighted by molar-refractivity contribution is 5.24. The predicted octanol–water partition coefficient (Wildman–Crippen LogP) is 2.01. The molecule has 0 bridgehead atoms. The van der Waals surface area contributed by atoms with Crippen LogP contribution in [0.1, 0.15) is 36.5 Å². The summed E-state index contributed by atoms with van der Waals surface area (Å²) in [5, 5.41) is 10.6. The molecule has 4 heteroatoms. The van der Waals surface area contributed by atoms with Gasteiger partial charge in [-0.15, -0.1) is 0 Å². The Kier molecular flexibility index (Phi) is 3.56. The van der Waals surface area contributed by atoms with Gasteiger partial charge in [-0.2, -0.15) is 0 Å². The van der Waals surface area contributed by atoms with Crippen LogP contribution in [0, 0.1) is 12.8 Å². The van der Waals surface area contributed by atoms with Crippen LogP contribution in [0.15, 0.2) is 18.5 Å². The number of aryl methyl sites for hydroxylation is 1. The van der Waals surface area contributed by atoms with E-state index in [-0.39, 0.29) is 11.5 Å². The molecule has 1 aromatic rings. The maximum Gasteiger partial charge on any atom is 0.0940 e. The van der Waals surface area contributed by atoms with Crippen LogP contribution >= 0.6 is 0 Å². The number of pyridine rings is 1. The number of ether oxygens (including phenoxy) is 2. The third-order valence-electron chi connectivity index (χ3n) is 4.43. The second-order valence-electron chi connectivity index (χ2n) is 5.76. The van der Waals surface area contributed by atoms with Crippen molar-refractivity contribution < 1.29 is 14.6 Å². The largest absolute Gasteiger partial charge is 0.388 e. The van der Waals surface area contributed by atoms with Crippen molar-refractivity contribution in [2.75, 3.05) is 19.8 Å². The summed E-state index contributed by atoms with van der Waals surface area (Å²) in [6, 6.07) is 1.92. The minimum atomic E-state index is -0.427. The Balaban J connectivity index is 1.76. The van der Waals surface area contributed by atoms with Gasteiger partial charge in [-0.1, -0.05) is 0 Å². The van der Waals surface area contributed by atoms with Crippen molar-refractivity contribution in [3.05, 3.63) is 29.6 Å². The van der Waals surface area contributed by atoms with Crippen LogP contribution < -0.4 is 0 Å². The molecule has 1 aromatic heterocycles. The second kappa shape index (κ2) is 5.19. The van der Waals surface area contributed by atoms with Crippen LogP contribution in [0.25, 0.3) is 0 Å². The number of aromatic nitrogens is 1. The second-order valence-corrected chi connectivity index (χ2v) is 5.76. The zero-order chi connectivity index (χ0) is 13.3. The third kappa shape index (κ3) is 2.53. The van der Waals surface area contributed by atoms with Gasteiger partial charge in [0.15, 0.2) is 0 Å². The van der Waals surface area contributed by atoms with Gasteiger partial charge >= 0.3 is 0 Å². The summed E-state index contributed by atoms with van der Waals surface area (Å²) in [5.41, 5.74) is 1.90. The fraction of sp³-hybridized carbons (Fsp3) is 0.667. The lowest BCUT2D eigenvalue weighted by molar-refractivity contribution is -0.117. The van der Waals surface area contributed by atoms with Gasteiger partial charge in [-0.25, -0.2) is 0 Å². The Morgan fingerprint density at radius 1 is 1.47 bits per heavy atom. The van der Waals surface area contributed by atoms with Crippen molar-refractivity contribution in [2.45, 2.75) is 37.9 Å². The Hall–Kier alpha value is -0.970. The summed E-state index contributed by atoms with van der Waals surface area (Å²) in [4.78, 5) is 4.09. The van der Waals surface area contributed by atoms with Crippen molar-refractivity contribution in [1.29, 1.82) is 0 Å². The molecule has 3 unspecified atom stereocenters. The maximum absolute atomic E-state index is 10.6. The average molecular weight is 263 g/mol. The number of hydrogen-bond donors (Lipinski definition) is 1. The first-order valence-electron chi connectivity index (χ1n) is 7.00. The lowest BCUT2D eigenvalue weighted by Crippen LogP contribution is -2.42. The summed E-state index contributed by atoms with van der Waals surface area (Å²) in [6.45, 7) is 4.16. The molecule has 3 heterocycles. The predicted molar refractivity (Wildman–Crippen MR) is 70.8 cm³/mol. The molecular weight excluding hydrogens is 242 g/mol. The molecule has 0 saturated carbocycles. The molecule has 0 amide bonds. The van der Waals surface area contributed by atoms with E-state index in [0.29, 0.717) is 6.61 Å². The minimum absolute atomic E-state index is 0.148.